The van der Waals surface area contributed by atoms with Gasteiger partial charge in [-0.3, -0.25) is 10.3 Å². The number of fused-ring (bicyclic) bond motifs is 1. The van der Waals surface area contributed by atoms with Gasteiger partial charge in [0.2, 0.25) is 0 Å². The van der Waals surface area contributed by atoms with Crippen molar-refractivity contribution < 1.29 is 19.0 Å². The summed E-state index contributed by atoms with van der Waals surface area (Å²) < 4.78 is 17.0. The molecule has 3 heterocycles. The molecule has 0 saturated carbocycles. The minimum absolute atomic E-state index is 0.167. The van der Waals surface area contributed by atoms with Crippen LogP contribution in [0.25, 0.3) is 5.57 Å². The normalized spacial score (nSPS) is 20.5. The minimum atomic E-state index is -0.508. The highest BCUT2D eigenvalue weighted by atomic mass is 16.7. The van der Waals surface area contributed by atoms with Gasteiger partial charge in [-0.25, -0.2) is 9.79 Å². The standard InChI is InChI=1S/C21H27N5O4/c1-23-13-14(12-22)15-3-4-17(28-2)16-11-18(24-19(15)16)25-20(27)26-7-5-21(6-8-26)29-9-10-30-21/h3-4,12-13H,5-11,22H2,1-2H3,(H,24,25,27). The number of nitrogens with two attached hydrogens (primary N) is 1. The smallest absolute Gasteiger partial charge is 0.322 e. The van der Waals surface area contributed by atoms with Crippen LogP contribution in [-0.4, -0.2) is 69.2 Å². The molecule has 160 valence electrons. The second-order valence-corrected chi connectivity index (χ2v) is 7.41. The maximum absolute atomic E-state index is 12.8. The van der Waals surface area contributed by atoms with Gasteiger partial charge in [0.1, 0.15) is 11.6 Å². The van der Waals surface area contributed by atoms with Crippen molar-refractivity contribution in [1.29, 1.82) is 0 Å². The van der Waals surface area contributed by atoms with Crippen LogP contribution in [0.3, 0.4) is 0 Å². The molecule has 0 radical (unpaired) electrons. The summed E-state index contributed by atoms with van der Waals surface area (Å²) in [4.78, 5) is 23.3. The Kier molecular flexibility index (Phi) is 5.74. The highest BCUT2D eigenvalue weighted by Crippen LogP contribution is 2.39. The van der Waals surface area contributed by atoms with Crippen molar-refractivity contribution >= 4 is 29.3 Å². The third-order valence-electron chi connectivity index (χ3n) is 5.69. The number of ether oxygens (including phenoxy) is 3. The predicted octanol–water partition coefficient (Wildman–Crippen LogP) is 1.83. The average molecular weight is 413 g/mol. The van der Waals surface area contributed by atoms with E-state index in [2.05, 4.69) is 15.3 Å². The highest BCUT2D eigenvalue weighted by molar-refractivity contribution is 6.13. The Bertz CT molecular complexity index is 908. The molecule has 2 fully saturated rings. The first kappa shape index (κ1) is 20.4. The van der Waals surface area contributed by atoms with Crippen LogP contribution >= 0.6 is 0 Å². The Labute approximate surface area is 175 Å². The number of benzene rings is 1. The lowest BCUT2D eigenvalue weighted by atomic mass is 10.00. The molecule has 2 amide bonds. The summed E-state index contributed by atoms with van der Waals surface area (Å²) in [6.45, 7) is 2.39. The van der Waals surface area contributed by atoms with Gasteiger partial charge < -0.3 is 24.8 Å². The third kappa shape index (κ3) is 3.78. The molecule has 1 aromatic carbocycles. The number of nitrogens with one attached hydrogen (secondary N) is 1. The lowest BCUT2D eigenvalue weighted by Gasteiger charge is -2.37. The maximum atomic E-state index is 12.8. The minimum Gasteiger partial charge on any atom is -0.496 e. The van der Waals surface area contributed by atoms with Gasteiger partial charge >= 0.3 is 6.03 Å². The first-order chi connectivity index (χ1) is 14.6. The van der Waals surface area contributed by atoms with Gasteiger partial charge in [0.15, 0.2) is 5.79 Å². The second kappa shape index (κ2) is 8.45. The van der Waals surface area contributed by atoms with Gasteiger partial charge in [-0.1, -0.05) is 0 Å². The molecule has 30 heavy (non-hydrogen) atoms. The second-order valence-electron chi connectivity index (χ2n) is 7.41. The monoisotopic (exact) mass is 413 g/mol. The Hall–Kier alpha value is -2.91. The van der Waals surface area contributed by atoms with Crippen molar-refractivity contribution in [3.05, 3.63) is 29.5 Å². The number of aliphatic imine (C=N–C) groups is 2. The molecule has 3 aliphatic rings. The average Bonchev–Trinajstić information content (AvgIpc) is 3.39. The first-order valence-corrected chi connectivity index (χ1v) is 10.0. The van der Waals surface area contributed by atoms with E-state index in [1.165, 1.54) is 6.20 Å². The molecule has 0 atom stereocenters. The lowest BCUT2D eigenvalue weighted by Crippen LogP contribution is -2.51. The molecule has 2 saturated heterocycles. The van der Waals surface area contributed by atoms with E-state index in [1.807, 2.05) is 12.1 Å². The number of piperidine rings is 1. The third-order valence-corrected chi connectivity index (χ3v) is 5.69. The van der Waals surface area contributed by atoms with E-state index in [9.17, 15) is 4.79 Å². The molecule has 4 rings (SSSR count). The molecule has 0 unspecified atom stereocenters. The Morgan fingerprint density at radius 1 is 1.33 bits per heavy atom. The van der Waals surface area contributed by atoms with Gasteiger partial charge in [0.05, 0.1) is 26.0 Å². The van der Waals surface area contributed by atoms with Crippen LogP contribution in [0, 0.1) is 0 Å². The van der Waals surface area contributed by atoms with E-state index in [0.717, 1.165) is 28.1 Å². The Balaban J connectivity index is 1.49. The summed E-state index contributed by atoms with van der Waals surface area (Å²) in [5.41, 5.74) is 9.05. The zero-order valence-corrected chi connectivity index (χ0v) is 17.3. The van der Waals surface area contributed by atoms with Crippen molar-refractivity contribution in [3.8, 4) is 5.75 Å². The van der Waals surface area contributed by atoms with Gasteiger partial charge in [-0.15, -0.1) is 0 Å². The fourth-order valence-corrected chi connectivity index (χ4v) is 4.13. The van der Waals surface area contributed by atoms with Crippen LogP contribution < -0.4 is 15.8 Å². The zero-order valence-electron chi connectivity index (χ0n) is 17.3. The Morgan fingerprint density at radius 2 is 2.07 bits per heavy atom. The molecule has 9 heteroatoms. The summed E-state index contributed by atoms with van der Waals surface area (Å²) in [5.74, 6) is 0.799. The van der Waals surface area contributed by atoms with E-state index >= 15 is 0 Å². The van der Waals surface area contributed by atoms with Gasteiger partial charge in [-0.05, 0) is 12.1 Å². The molecule has 3 aliphatic heterocycles. The summed E-state index contributed by atoms with van der Waals surface area (Å²) >= 11 is 0. The van der Waals surface area contributed by atoms with Crippen LogP contribution in [0.15, 0.2) is 28.3 Å². The summed E-state index contributed by atoms with van der Waals surface area (Å²) in [5, 5.41) is 2.96. The molecule has 9 nitrogen and oxygen atoms in total. The Morgan fingerprint density at radius 3 is 2.70 bits per heavy atom. The fourth-order valence-electron chi connectivity index (χ4n) is 4.13. The van der Waals surface area contributed by atoms with Crippen molar-refractivity contribution in [1.82, 2.24) is 10.2 Å². The van der Waals surface area contributed by atoms with Gasteiger partial charge in [-0.2, -0.15) is 0 Å². The molecular weight excluding hydrogens is 386 g/mol. The molecule has 1 aromatic rings. The number of carbonyl (C=O) groups is 1. The predicted molar refractivity (Wildman–Crippen MR) is 114 cm³/mol. The van der Waals surface area contributed by atoms with Gasteiger partial charge in [0.25, 0.3) is 0 Å². The quantitative estimate of drug-likeness (QED) is 0.735. The number of rotatable bonds is 3. The van der Waals surface area contributed by atoms with Crippen molar-refractivity contribution in [3.63, 3.8) is 0 Å². The van der Waals surface area contributed by atoms with E-state index in [4.69, 9.17) is 19.9 Å². The van der Waals surface area contributed by atoms with Crippen LogP contribution in [-0.2, 0) is 15.9 Å². The highest BCUT2D eigenvalue weighted by Gasteiger charge is 2.41. The number of carbonyl (C=O) groups excluding carboxylic acids is 1. The molecule has 0 aliphatic carbocycles. The lowest BCUT2D eigenvalue weighted by molar-refractivity contribution is -0.181. The SMILES string of the molecule is CN=CC(=CN)c1ccc(OC)c2c1N=C(NC(=O)N1CCC3(CC1)OCCO3)C2. The first-order valence-electron chi connectivity index (χ1n) is 10.0. The molecule has 3 N–H and O–H groups in total. The maximum Gasteiger partial charge on any atom is 0.322 e. The zero-order chi connectivity index (χ0) is 21.1. The molecule has 1 spiro atoms. The molecule has 0 aromatic heterocycles. The van der Waals surface area contributed by atoms with Crippen LogP contribution in [0.2, 0.25) is 0 Å². The number of allylic oxidation sites excluding steroid dienone is 1. The van der Waals surface area contributed by atoms with Gasteiger partial charge in [0, 0.05) is 68.5 Å². The van der Waals surface area contributed by atoms with Crippen LogP contribution in [0.5, 0.6) is 5.75 Å². The fraction of sp³-hybridized carbons (Fsp3) is 0.476. The number of hydrogen-bond acceptors (Lipinski definition) is 7. The van der Waals surface area contributed by atoms with Crippen molar-refractivity contribution in [2.45, 2.75) is 25.0 Å². The summed E-state index contributed by atoms with van der Waals surface area (Å²) in [7, 11) is 3.31. The van der Waals surface area contributed by atoms with Crippen molar-refractivity contribution in [2.24, 2.45) is 15.7 Å². The topological polar surface area (TPSA) is 111 Å². The number of amidine groups is 1. The largest absolute Gasteiger partial charge is 0.496 e. The van der Waals surface area contributed by atoms with E-state index in [1.54, 1.807) is 25.3 Å². The number of hydrogen-bond donors (Lipinski definition) is 2. The number of urea groups is 1. The summed E-state index contributed by atoms with van der Waals surface area (Å²) in [6.07, 6.45) is 5.00. The number of methoxy groups -OCH3 is 1. The van der Waals surface area contributed by atoms with E-state index in [0.29, 0.717) is 51.4 Å². The number of nitrogens with zero attached hydrogens (tertiary/aromatic N) is 3. The molecular formula is C21H27N5O4. The number of amides is 2. The van der Waals surface area contributed by atoms with Crippen LogP contribution in [0.1, 0.15) is 24.0 Å². The molecule has 0 bridgehead atoms. The number of likely N-dealkylation sites (tertiary alicyclic amines) is 1. The van der Waals surface area contributed by atoms with E-state index < -0.39 is 5.79 Å². The van der Waals surface area contributed by atoms with Crippen LogP contribution in [0.4, 0.5) is 10.5 Å². The van der Waals surface area contributed by atoms with E-state index in [-0.39, 0.29) is 6.03 Å². The van der Waals surface area contributed by atoms with Crippen molar-refractivity contribution in [2.75, 3.05) is 40.5 Å². The summed E-state index contributed by atoms with van der Waals surface area (Å²) in [6, 6.07) is 3.62.